The van der Waals surface area contributed by atoms with Crippen LogP contribution in [-0.4, -0.2) is 53.4 Å². The molecule has 0 unspecified atom stereocenters. The monoisotopic (exact) mass is 482 g/mol. The number of hydrogen-bond acceptors (Lipinski definition) is 5. The minimum atomic E-state index is -1.47. The number of amides is 5. The normalized spacial score (nSPS) is 18.6. The Hall–Kier alpha value is -3.95. The lowest BCUT2D eigenvalue weighted by molar-refractivity contribution is -0.142. The highest BCUT2D eigenvalue weighted by Gasteiger charge is 2.58. The van der Waals surface area contributed by atoms with Crippen molar-refractivity contribution in [2.75, 3.05) is 18.9 Å². The molecular weight excluding hydrogens is 455 g/mol. The molecule has 1 aliphatic heterocycles. The predicted octanol–water partition coefficient (Wildman–Crippen LogP) is 3.13. The van der Waals surface area contributed by atoms with Gasteiger partial charge in [-0.3, -0.25) is 9.59 Å². The van der Waals surface area contributed by atoms with Crippen molar-refractivity contribution >= 4 is 29.6 Å². The van der Waals surface area contributed by atoms with E-state index < -0.39 is 30.1 Å². The van der Waals surface area contributed by atoms with Crippen molar-refractivity contribution < 1.29 is 28.3 Å². The molecule has 184 valence electrons. The van der Waals surface area contributed by atoms with Gasteiger partial charge in [-0.25, -0.2) is 18.9 Å². The smallest absolute Gasteiger partial charge is 0.418 e. The van der Waals surface area contributed by atoms with Crippen LogP contribution < -0.4 is 10.6 Å². The minimum Gasteiger partial charge on any atom is -0.427 e. The molecule has 2 N–H and O–H groups in total. The highest BCUT2D eigenvalue weighted by Crippen LogP contribution is 2.46. The van der Waals surface area contributed by atoms with E-state index in [0.29, 0.717) is 17.7 Å². The van der Waals surface area contributed by atoms with Crippen molar-refractivity contribution in [3.63, 3.8) is 0 Å². The van der Waals surface area contributed by atoms with E-state index in [1.165, 1.54) is 24.1 Å². The number of anilines is 1. The molecule has 1 fully saturated rings. The number of aryl methyl sites for hydroxylation is 1. The number of hydrogen-bond donors (Lipinski definition) is 2. The fraction of sp³-hybridized carbons (Fsp3) is 0.360. The van der Waals surface area contributed by atoms with Crippen molar-refractivity contribution in [2.24, 2.45) is 0 Å². The maximum absolute atomic E-state index is 13.4. The number of fused-ring (bicyclic) bond motifs is 2. The van der Waals surface area contributed by atoms with E-state index in [0.717, 1.165) is 16.0 Å². The van der Waals surface area contributed by atoms with Gasteiger partial charge < -0.3 is 20.3 Å². The molecule has 1 spiro atoms. The summed E-state index contributed by atoms with van der Waals surface area (Å²) in [6.07, 6.45) is -0.138. The summed E-state index contributed by atoms with van der Waals surface area (Å²) in [6, 6.07) is 10.3. The maximum atomic E-state index is 13.4. The molecule has 0 bridgehead atoms. The third kappa shape index (κ3) is 4.55. The summed E-state index contributed by atoms with van der Waals surface area (Å²) in [5.74, 6) is -1.37. The summed E-state index contributed by atoms with van der Waals surface area (Å²) in [4.78, 5) is 53.3. The second-order valence-electron chi connectivity index (χ2n) is 8.90. The van der Waals surface area contributed by atoms with Gasteiger partial charge in [0.1, 0.15) is 12.4 Å². The zero-order valence-corrected chi connectivity index (χ0v) is 19.8. The van der Waals surface area contributed by atoms with E-state index in [4.69, 9.17) is 4.74 Å². The van der Waals surface area contributed by atoms with Crippen molar-refractivity contribution in [2.45, 2.75) is 44.9 Å². The van der Waals surface area contributed by atoms with Crippen LogP contribution >= 0.6 is 0 Å². The lowest BCUT2D eigenvalue weighted by Gasteiger charge is -2.28. The molecule has 1 saturated heterocycles. The number of nitrogens with zero attached hydrogens (tertiary/aromatic N) is 2. The number of benzene rings is 2. The SMILES string of the molecule is CNC(=O)Nc1ccc2c(c1)CC[C@@]21OC(=O)N(CC(=O)N(Cc2ccc(F)cc2)C(C)C)C1=O. The molecule has 1 heterocycles. The summed E-state index contributed by atoms with van der Waals surface area (Å²) in [6.45, 7) is 3.41. The molecule has 2 aromatic carbocycles. The van der Waals surface area contributed by atoms with Crippen LogP contribution in [0.4, 0.5) is 19.7 Å². The molecule has 10 heteroatoms. The van der Waals surface area contributed by atoms with Crippen molar-refractivity contribution in [1.29, 1.82) is 0 Å². The Morgan fingerprint density at radius 1 is 1.17 bits per heavy atom. The quantitative estimate of drug-likeness (QED) is 0.658. The molecule has 0 radical (unpaired) electrons. The first kappa shape index (κ1) is 24.2. The van der Waals surface area contributed by atoms with Gasteiger partial charge in [-0.1, -0.05) is 18.2 Å². The number of urea groups is 1. The molecule has 4 rings (SSSR count). The first-order valence-corrected chi connectivity index (χ1v) is 11.4. The Morgan fingerprint density at radius 2 is 1.89 bits per heavy atom. The number of carbonyl (C=O) groups excluding carboxylic acids is 4. The molecule has 35 heavy (non-hydrogen) atoms. The van der Waals surface area contributed by atoms with Crippen molar-refractivity contribution in [3.05, 3.63) is 65.0 Å². The van der Waals surface area contributed by atoms with Crippen LogP contribution in [0.25, 0.3) is 0 Å². The van der Waals surface area contributed by atoms with Gasteiger partial charge >= 0.3 is 12.1 Å². The summed E-state index contributed by atoms with van der Waals surface area (Å²) < 4.78 is 18.8. The molecular formula is C25H27FN4O5. The molecule has 2 aromatic rings. The summed E-state index contributed by atoms with van der Waals surface area (Å²) in [7, 11) is 1.50. The summed E-state index contributed by atoms with van der Waals surface area (Å²) in [5.41, 5.74) is 1.15. The van der Waals surface area contributed by atoms with Gasteiger partial charge in [-0.15, -0.1) is 0 Å². The van der Waals surface area contributed by atoms with E-state index in [2.05, 4.69) is 10.6 Å². The molecule has 9 nitrogen and oxygen atoms in total. The fourth-order valence-electron chi connectivity index (χ4n) is 4.50. The van der Waals surface area contributed by atoms with Crippen LogP contribution in [0.5, 0.6) is 0 Å². The number of ether oxygens (including phenoxy) is 1. The molecule has 5 amide bonds. The summed E-state index contributed by atoms with van der Waals surface area (Å²) >= 11 is 0. The largest absolute Gasteiger partial charge is 0.427 e. The molecule has 0 aromatic heterocycles. The lowest BCUT2D eigenvalue weighted by Crippen LogP contribution is -2.46. The average Bonchev–Trinajstić information content (AvgIpc) is 3.30. The number of carbonyl (C=O) groups is 4. The average molecular weight is 483 g/mol. The van der Waals surface area contributed by atoms with Gasteiger partial charge in [0.25, 0.3) is 5.91 Å². The van der Waals surface area contributed by atoms with E-state index in [1.807, 2.05) is 13.8 Å². The Kier molecular flexibility index (Phi) is 6.47. The van der Waals surface area contributed by atoms with E-state index >= 15 is 0 Å². The first-order chi connectivity index (χ1) is 16.6. The number of nitrogens with one attached hydrogen (secondary N) is 2. The van der Waals surface area contributed by atoms with Gasteiger partial charge in [0, 0.05) is 37.3 Å². The lowest BCUT2D eigenvalue weighted by atomic mass is 9.94. The van der Waals surface area contributed by atoms with E-state index in [1.54, 1.807) is 30.3 Å². The van der Waals surface area contributed by atoms with E-state index in [9.17, 15) is 23.6 Å². The Balaban J connectivity index is 1.52. The summed E-state index contributed by atoms with van der Waals surface area (Å²) in [5, 5.41) is 5.15. The Morgan fingerprint density at radius 3 is 2.54 bits per heavy atom. The van der Waals surface area contributed by atoms with Crippen LogP contribution in [0.3, 0.4) is 0 Å². The number of rotatable bonds is 6. The van der Waals surface area contributed by atoms with Gasteiger partial charge in [-0.2, -0.15) is 0 Å². The zero-order valence-electron chi connectivity index (χ0n) is 19.8. The topological polar surface area (TPSA) is 108 Å². The van der Waals surface area contributed by atoms with Gasteiger partial charge in [-0.05, 0) is 55.7 Å². The second-order valence-corrected chi connectivity index (χ2v) is 8.90. The van der Waals surface area contributed by atoms with Crippen LogP contribution in [-0.2, 0) is 32.9 Å². The third-order valence-electron chi connectivity index (χ3n) is 6.35. The number of imide groups is 1. The minimum absolute atomic E-state index is 0.211. The highest BCUT2D eigenvalue weighted by atomic mass is 19.1. The first-order valence-electron chi connectivity index (χ1n) is 11.4. The Labute approximate surface area is 202 Å². The fourth-order valence-corrected chi connectivity index (χ4v) is 4.50. The predicted molar refractivity (Wildman–Crippen MR) is 125 cm³/mol. The van der Waals surface area contributed by atoms with Crippen LogP contribution in [0.2, 0.25) is 0 Å². The van der Waals surface area contributed by atoms with Crippen LogP contribution in [0.15, 0.2) is 42.5 Å². The highest BCUT2D eigenvalue weighted by molar-refractivity contribution is 6.06. The third-order valence-corrected chi connectivity index (χ3v) is 6.35. The molecule has 2 aliphatic rings. The van der Waals surface area contributed by atoms with E-state index in [-0.39, 0.29) is 30.9 Å². The van der Waals surface area contributed by atoms with Gasteiger partial charge in [0.2, 0.25) is 11.5 Å². The molecule has 1 aliphatic carbocycles. The van der Waals surface area contributed by atoms with Gasteiger partial charge in [0.05, 0.1) is 0 Å². The second kappa shape index (κ2) is 9.36. The van der Waals surface area contributed by atoms with Gasteiger partial charge in [0.15, 0.2) is 0 Å². The Bertz CT molecular complexity index is 1180. The standard InChI is InChI=1S/C25H27FN4O5/c1-15(2)29(13-16-4-6-18(26)7-5-16)21(31)14-30-22(32)25(35-24(30)34)11-10-17-12-19(8-9-20(17)25)28-23(33)27-3/h4-9,12,15H,10-11,13-14H2,1-3H3,(H2,27,28,33)/t25-/m1/s1. The van der Waals surface area contributed by atoms with Crippen molar-refractivity contribution in [3.8, 4) is 0 Å². The van der Waals surface area contributed by atoms with Crippen LogP contribution in [0.1, 0.15) is 37.0 Å². The zero-order chi connectivity index (χ0) is 25.3. The molecule has 0 saturated carbocycles. The number of halogens is 1. The van der Waals surface area contributed by atoms with Crippen LogP contribution in [0, 0.1) is 5.82 Å². The molecule has 1 atom stereocenters. The van der Waals surface area contributed by atoms with Crippen molar-refractivity contribution in [1.82, 2.24) is 15.1 Å². The maximum Gasteiger partial charge on any atom is 0.418 e.